The molecule has 0 fully saturated rings. The molecule has 0 spiro atoms. The van der Waals surface area contributed by atoms with Crippen molar-refractivity contribution in [2.75, 3.05) is 11.9 Å². The van der Waals surface area contributed by atoms with Gasteiger partial charge in [-0.2, -0.15) is 0 Å². The molecular weight excluding hydrogens is 250 g/mol. The third-order valence-electron chi connectivity index (χ3n) is 3.09. The molecule has 0 saturated carbocycles. The van der Waals surface area contributed by atoms with Gasteiger partial charge in [-0.1, -0.05) is 12.1 Å². The molecule has 20 heavy (non-hydrogen) atoms. The highest BCUT2D eigenvalue weighted by molar-refractivity contribution is 5.99. The lowest BCUT2D eigenvalue weighted by molar-refractivity contribution is 0.0940. The van der Waals surface area contributed by atoms with Gasteiger partial charge >= 0.3 is 0 Å². The SMILES string of the molecule is CCNc1ccccc1C(=O)N[C@@H](C)c1ccncc1. The number of carbonyl (C=O) groups is 1. The molecule has 1 amide bonds. The number of nitrogens with zero attached hydrogens (tertiary/aromatic N) is 1. The van der Waals surface area contributed by atoms with Crippen LogP contribution in [0, 0.1) is 0 Å². The van der Waals surface area contributed by atoms with Crippen LogP contribution in [0.4, 0.5) is 5.69 Å². The van der Waals surface area contributed by atoms with Crippen LogP contribution in [-0.4, -0.2) is 17.4 Å². The minimum Gasteiger partial charge on any atom is -0.385 e. The van der Waals surface area contributed by atoms with Crippen molar-refractivity contribution in [1.29, 1.82) is 0 Å². The van der Waals surface area contributed by atoms with Gasteiger partial charge in [0.05, 0.1) is 11.6 Å². The maximum atomic E-state index is 12.4. The van der Waals surface area contributed by atoms with Crippen molar-refractivity contribution in [3.05, 3.63) is 59.9 Å². The van der Waals surface area contributed by atoms with Crippen molar-refractivity contribution in [3.8, 4) is 0 Å². The minimum absolute atomic E-state index is 0.0554. The lowest BCUT2D eigenvalue weighted by Gasteiger charge is -2.16. The molecule has 104 valence electrons. The van der Waals surface area contributed by atoms with Crippen molar-refractivity contribution < 1.29 is 4.79 Å². The number of aromatic nitrogens is 1. The van der Waals surface area contributed by atoms with Crippen LogP contribution in [0.5, 0.6) is 0 Å². The van der Waals surface area contributed by atoms with Crippen LogP contribution in [0.2, 0.25) is 0 Å². The van der Waals surface area contributed by atoms with Crippen LogP contribution in [0.1, 0.15) is 35.8 Å². The molecule has 2 aromatic rings. The van der Waals surface area contributed by atoms with Gasteiger partial charge in [0, 0.05) is 24.6 Å². The average Bonchev–Trinajstić information content (AvgIpc) is 2.49. The fourth-order valence-corrected chi connectivity index (χ4v) is 2.04. The molecule has 0 bridgehead atoms. The van der Waals surface area contributed by atoms with Gasteiger partial charge in [0.25, 0.3) is 5.91 Å². The highest BCUT2D eigenvalue weighted by Crippen LogP contribution is 2.17. The van der Waals surface area contributed by atoms with E-state index in [0.717, 1.165) is 17.8 Å². The van der Waals surface area contributed by atoms with Gasteiger partial charge in [-0.3, -0.25) is 9.78 Å². The van der Waals surface area contributed by atoms with E-state index >= 15 is 0 Å². The van der Waals surface area contributed by atoms with E-state index in [4.69, 9.17) is 0 Å². The maximum Gasteiger partial charge on any atom is 0.253 e. The summed E-state index contributed by atoms with van der Waals surface area (Å²) in [5, 5.41) is 6.20. The Morgan fingerprint density at radius 1 is 1.20 bits per heavy atom. The highest BCUT2D eigenvalue weighted by atomic mass is 16.1. The van der Waals surface area contributed by atoms with Crippen molar-refractivity contribution in [3.63, 3.8) is 0 Å². The van der Waals surface area contributed by atoms with Gasteiger partial charge < -0.3 is 10.6 Å². The Kier molecular flexibility index (Phi) is 4.71. The average molecular weight is 269 g/mol. The van der Waals surface area contributed by atoms with Crippen LogP contribution in [0.3, 0.4) is 0 Å². The van der Waals surface area contributed by atoms with Crippen molar-refractivity contribution in [2.24, 2.45) is 0 Å². The zero-order valence-corrected chi connectivity index (χ0v) is 11.8. The number of para-hydroxylation sites is 1. The van der Waals surface area contributed by atoms with Crippen LogP contribution < -0.4 is 10.6 Å². The molecule has 2 N–H and O–H groups in total. The van der Waals surface area contributed by atoms with Gasteiger partial charge in [-0.25, -0.2) is 0 Å². The number of anilines is 1. The van der Waals surface area contributed by atoms with Gasteiger partial charge in [0.15, 0.2) is 0 Å². The zero-order chi connectivity index (χ0) is 14.4. The minimum atomic E-state index is -0.0779. The number of pyridine rings is 1. The molecule has 0 aliphatic heterocycles. The third-order valence-corrected chi connectivity index (χ3v) is 3.09. The Labute approximate surface area is 119 Å². The molecule has 1 atom stereocenters. The summed E-state index contributed by atoms with van der Waals surface area (Å²) < 4.78 is 0. The number of hydrogen-bond acceptors (Lipinski definition) is 3. The first kappa shape index (κ1) is 14.1. The first-order chi connectivity index (χ1) is 9.72. The zero-order valence-electron chi connectivity index (χ0n) is 11.8. The molecule has 1 aromatic carbocycles. The summed E-state index contributed by atoms with van der Waals surface area (Å²) in [5.74, 6) is -0.0779. The van der Waals surface area contributed by atoms with Gasteiger partial charge in [0.2, 0.25) is 0 Å². The number of nitrogens with one attached hydrogen (secondary N) is 2. The van der Waals surface area contributed by atoms with Crippen molar-refractivity contribution in [1.82, 2.24) is 10.3 Å². The molecule has 0 aliphatic carbocycles. The van der Waals surface area contributed by atoms with E-state index in [1.165, 1.54) is 0 Å². The quantitative estimate of drug-likeness (QED) is 0.877. The van der Waals surface area contributed by atoms with E-state index in [2.05, 4.69) is 15.6 Å². The summed E-state index contributed by atoms with van der Waals surface area (Å²) in [6.45, 7) is 4.75. The molecule has 2 rings (SSSR count). The molecule has 0 saturated heterocycles. The number of benzene rings is 1. The normalized spacial score (nSPS) is 11.7. The Morgan fingerprint density at radius 2 is 1.90 bits per heavy atom. The number of amides is 1. The molecule has 0 aliphatic rings. The van der Waals surface area contributed by atoms with Gasteiger partial charge in [-0.05, 0) is 43.7 Å². The fourth-order valence-electron chi connectivity index (χ4n) is 2.04. The molecule has 1 heterocycles. The molecule has 4 heteroatoms. The molecule has 4 nitrogen and oxygen atoms in total. The Bertz CT molecular complexity index is 569. The van der Waals surface area contributed by atoms with E-state index < -0.39 is 0 Å². The van der Waals surface area contributed by atoms with Crippen molar-refractivity contribution in [2.45, 2.75) is 19.9 Å². The molecular formula is C16H19N3O. The Balaban J connectivity index is 2.12. The lowest BCUT2D eigenvalue weighted by atomic mass is 10.1. The second kappa shape index (κ2) is 6.70. The smallest absolute Gasteiger partial charge is 0.253 e. The second-order valence-corrected chi connectivity index (χ2v) is 4.55. The van der Waals surface area contributed by atoms with Crippen molar-refractivity contribution >= 4 is 11.6 Å². The Hall–Kier alpha value is -2.36. The lowest BCUT2D eigenvalue weighted by Crippen LogP contribution is -2.27. The van der Waals surface area contributed by atoms with E-state index in [9.17, 15) is 4.79 Å². The van der Waals surface area contributed by atoms with E-state index in [1.807, 2.05) is 50.2 Å². The third kappa shape index (κ3) is 3.35. The topological polar surface area (TPSA) is 54.0 Å². The second-order valence-electron chi connectivity index (χ2n) is 4.55. The summed E-state index contributed by atoms with van der Waals surface area (Å²) in [6.07, 6.45) is 3.45. The summed E-state index contributed by atoms with van der Waals surface area (Å²) in [7, 11) is 0. The molecule has 0 radical (unpaired) electrons. The molecule has 1 aromatic heterocycles. The number of rotatable bonds is 5. The van der Waals surface area contributed by atoms with Gasteiger partial charge in [-0.15, -0.1) is 0 Å². The number of hydrogen-bond donors (Lipinski definition) is 2. The summed E-state index contributed by atoms with van der Waals surface area (Å²) in [5.41, 5.74) is 2.55. The number of carbonyl (C=O) groups excluding carboxylic acids is 1. The fraction of sp³-hybridized carbons (Fsp3) is 0.250. The first-order valence-corrected chi connectivity index (χ1v) is 6.76. The summed E-state index contributed by atoms with van der Waals surface area (Å²) in [4.78, 5) is 16.3. The highest BCUT2D eigenvalue weighted by Gasteiger charge is 2.14. The van der Waals surface area contributed by atoms with Crippen LogP contribution in [0.15, 0.2) is 48.8 Å². The van der Waals surface area contributed by atoms with E-state index in [1.54, 1.807) is 12.4 Å². The Morgan fingerprint density at radius 3 is 2.60 bits per heavy atom. The standard InChI is InChI=1S/C16H19N3O/c1-3-18-15-7-5-4-6-14(15)16(20)19-12(2)13-8-10-17-11-9-13/h4-12,18H,3H2,1-2H3,(H,19,20)/t12-/m0/s1. The summed E-state index contributed by atoms with van der Waals surface area (Å²) >= 11 is 0. The van der Waals surface area contributed by atoms with Crippen LogP contribution in [-0.2, 0) is 0 Å². The summed E-state index contributed by atoms with van der Waals surface area (Å²) in [6, 6.07) is 11.3. The predicted octanol–water partition coefficient (Wildman–Crippen LogP) is 3.00. The first-order valence-electron chi connectivity index (χ1n) is 6.76. The molecule has 0 unspecified atom stereocenters. The van der Waals surface area contributed by atoms with Crippen LogP contribution in [0.25, 0.3) is 0 Å². The van der Waals surface area contributed by atoms with Gasteiger partial charge in [0.1, 0.15) is 0 Å². The monoisotopic (exact) mass is 269 g/mol. The van der Waals surface area contributed by atoms with E-state index in [-0.39, 0.29) is 11.9 Å². The largest absolute Gasteiger partial charge is 0.385 e. The predicted molar refractivity (Wildman–Crippen MR) is 80.7 cm³/mol. The van der Waals surface area contributed by atoms with Crippen LogP contribution >= 0.6 is 0 Å². The van der Waals surface area contributed by atoms with E-state index in [0.29, 0.717) is 5.56 Å². The maximum absolute atomic E-state index is 12.4.